The number of halogens is 5. The summed E-state index contributed by atoms with van der Waals surface area (Å²) in [4.78, 5) is 7.15. The largest absolute Gasteiger partial charge is 0.437 e. The molecule has 0 bridgehead atoms. The summed E-state index contributed by atoms with van der Waals surface area (Å²) in [6.07, 6.45) is -4.60. The van der Waals surface area contributed by atoms with Gasteiger partial charge in [0, 0.05) is 17.6 Å². The summed E-state index contributed by atoms with van der Waals surface area (Å²) >= 11 is 9.14. The number of nitrogens with zero attached hydrogens (tertiary/aromatic N) is 2. The summed E-state index contributed by atoms with van der Waals surface area (Å²) in [7, 11) is 1.41. The first-order valence-electron chi connectivity index (χ1n) is 5.56. The first-order chi connectivity index (χ1) is 9.79. The second-order valence-electron chi connectivity index (χ2n) is 3.84. The molecule has 0 radical (unpaired) electrons. The molecule has 1 aromatic carbocycles. The van der Waals surface area contributed by atoms with Crippen LogP contribution < -0.4 is 10.1 Å². The van der Waals surface area contributed by atoms with Crippen LogP contribution in [0.25, 0.3) is 0 Å². The molecule has 0 atom stereocenters. The molecule has 0 fully saturated rings. The van der Waals surface area contributed by atoms with Gasteiger partial charge in [0.15, 0.2) is 5.69 Å². The van der Waals surface area contributed by atoms with E-state index in [-0.39, 0.29) is 22.6 Å². The average Bonchev–Trinajstić information content (AvgIpc) is 2.41. The Bertz CT molecular complexity index is 667. The highest BCUT2D eigenvalue weighted by molar-refractivity contribution is 9.10. The molecule has 4 nitrogen and oxygen atoms in total. The Balaban J connectivity index is 2.42. The minimum atomic E-state index is -4.60. The smallest absolute Gasteiger partial charge is 0.433 e. The lowest BCUT2D eigenvalue weighted by molar-refractivity contribution is -0.141. The van der Waals surface area contributed by atoms with Gasteiger partial charge in [-0.25, -0.2) is 4.98 Å². The predicted molar refractivity (Wildman–Crippen MR) is 75.8 cm³/mol. The van der Waals surface area contributed by atoms with Crippen molar-refractivity contribution < 1.29 is 17.9 Å². The number of anilines is 1. The van der Waals surface area contributed by atoms with Crippen LogP contribution in [0, 0.1) is 0 Å². The maximum Gasteiger partial charge on any atom is 0.433 e. The Kier molecular flexibility index (Phi) is 4.58. The number of hydrogen-bond donors (Lipinski definition) is 1. The molecule has 112 valence electrons. The predicted octanol–water partition coefficient (Wildman–Crippen LogP) is 4.75. The molecule has 1 heterocycles. The van der Waals surface area contributed by atoms with Crippen LogP contribution in [0.15, 0.2) is 28.7 Å². The number of hydrogen-bond acceptors (Lipinski definition) is 4. The number of aromatic nitrogens is 2. The Labute approximate surface area is 131 Å². The molecule has 0 aliphatic carbocycles. The second-order valence-corrected chi connectivity index (χ2v) is 5.16. The topological polar surface area (TPSA) is 47.0 Å². The zero-order valence-electron chi connectivity index (χ0n) is 10.5. The molecule has 0 amide bonds. The van der Waals surface area contributed by atoms with Crippen LogP contribution in [0.4, 0.5) is 19.1 Å². The molecule has 2 aromatic rings. The molecule has 0 saturated carbocycles. The lowest BCUT2D eigenvalue weighted by Gasteiger charge is -2.11. The minimum Gasteiger partial charge on any atom is -0.437 e. The number of nitrogens with one attached hydrogen (secondary N) is 1. The van der Waals surface area contributed by atoms with Crippen LogP contribution in [0.5, 0.6) is 11.6 Å². The van der Waals surface area contributed by atoms with E-state index in [2.05, 4.69) is 31.2 Å². The molecule has 0 aliphatic rings. The van der Waals surface area contributed by atoms with E-state index in [9.17, 15) is 13.2 Å². The number of rotatable bonds is 3. The minimum absolute atomic E-state index is 0.180. The van der Waals surface area contributed by atoms with Crippen LogP contribution in [0.1, 0.15) is 5.69 Å². The quantitative estimate of drug-likeness (QED) is 0.832. The summed E-state index contributed by atoms with van der Waals surface area (Å²) in [6, 6.07) is 5.45. The summed E-state index contributed by atoms with van der Waals surface area (Å²) in [5, 5.41) is 2.69. The van der Waals surface area contributed by atoms with Gasteiger partial charge >= 0.3 is 6.18 Å². The van der Waals surface area contributed by atoms with E-state index >= 15 is 0 Å². The summed E-state index contributed by atoms with van der Waals surface area (Å²) < 4.78 is 44.3. The van der Waals surface area contributed by atoms with Crippen molar-refractivity contribution in [2.75, 3.05) is 12.4 Å². The zero-order valence-corrected chi connectivity index (χ0v) is 12.8. The third-order valence-electron chi connectivity index (χ3n) is 2.32. The van der Waals surface area contributed by atoms with Crippen LogP contribution in [0.3, 0.4) is 0 Å². The van der Waals surface area contributed by atoms with Crippen LogP contribution in [-0.2, 0) is 6.18 Å². The highest BCUT2D eigenvalue weighted by Crippen LogP contribution is 2.34. The van der Waals surface area contributed by atoms with Crippen molar-refractivity contribution in [1.82, 2.24) is 9.97 Å². The van der Waals surface area contributed by atoms with Gasteiger partial charge in [-0.3, -0.25) is 0 Å². The Morgan fingerprint density at radius 1 is 1.24 bits per heavy atom. The van der Waals surface area contributed by atoms with Gasteiger partial charge in [-0.1, -0.05) is 27.5 Å². The molecular weight excluding hydrogens is 375 g/mol. The highest BCUT2D eigenvalue weighted by Gasteiger charge is 2.34. The molecule has 1 aromatic heterocycles. The number of alkyl halides is 3. The molecule has 0 saturated heterocycles. The van der Waals surface area contributed by atoms with Gasteiger partial charge in [-0.05, 0) is 18.2 Å². The van der Waals surface area contributed by atoms with E-state index < -0.39 is 11.9 Å². The van der Waals surface area contributed by atoms with Crippen molar-refractivity contribution in [3.05, 3.63) is 39.5 Å². The van der Waals surface area contributed by atoms with E-state index in [4.69, 9.17) is 16.3 Å². The molecular formula is C12H8BrClF3N3O. The van der Waals surface area contributed by atoms with Crippen molar-refractivity contribution in [3.63, 3.8) is 0 Å². The van der Waals surface area contributed by atoms with E-state index in [0.29, 0.717) is 10.5 Å². The maximum atomic E-state index is 12.8. The standard InChI is InChI=1S/C12H8BrClF3N3O/c1-18-11-19-9(12(15,16)17)5-10(20-11)21-8-4-6(13)2-3-7(8)14/h2-5H,1H3,(H,18,19,20). The third kappa shape index (κ3) is 3.98. The van der Waals surface area contributed by atoms with Gasteiger partial charge < -0.3 is 10.1 Å². The van der Waals surface area contributed by atoms with Gasteiger partial charge in [0.25, 0.3) is 0 Å². The van der Waals surface area contributed by atoms with E-state index in [1.165, 1.54) is 13.1 Å². The van der Waals surface area contributed by atoms with Gasteiger partial charge in [0.05, 0.1) is 5.02 Å². The van der Waals surface area contributed by atoms with E-state index in [0.717, 1.165) is 0 Å². The van der Waals surface area contributed by atoms with E-state index in [1.807, 2.05) is 0 Å². The molecule has 9 heteroatoms. The van der Waals surface area contributed by atoms with E-state index in [1.54, 1.807) is 12.1 Å². The van der Waals surface area contributed by atoms with Crippen LogP contribution >= 0.6 is 27.5 Å². The SMILES string of the molecule is CNc1nc(Oc2cc(Br)ccc2Cl)cc(C(F)(F)F)n1. The van der Waals surface area contributed by atoms with Crippen molar-refractivity contribution in [2.24, 2.45) is 0 Å². The van der Waals surface area contributed by atoms with Crippen LogP contribution in [0.2, 0.25) is 5.02 Å². The monoisotopic (exact) mass is 381 g/mol. The third-order valence-corrected chi connectivity index (χ3v) is 3.13. The molecule has 0 spiro atoms. The lowest BCUT2D eigenvalue weighted by Crippen LogP contribution is -2.11. The van der Waals surface area contributed by atoms with Crippen molar-refractivity contribution in [2.45, 2.75) is 6.18 Å². The fourth-order valence-corrected chi connectivity index (χ4v) is 1.90. The summed E-state index contributed by atoms with van der Waals surface area (Å²) in [5.74, 6) is -0.285. The second kappa shape index (κ2) is 6.07. The highest BCUT2D eigenvalue weighted by atomic mass is 79.9. The fraction of sp³-hybridized carbons (Fsp3) is 0.167. The number of ether oxygens (including phenoxy) is 1. The van der Waals surface area contributed by atoms with Crippen molar-refractivity contribution in [1.29, 1.82) is 0 Å². The van der Waals surface area contributed by atoms with Gasteiger partial charge in [0.2, 0.25) is 11.8 Å². The first-order valence-corrected chi connectivity index (χ1v) is 6.73. The Hall–Kier alpha value is -1.54. The molecule has 2 rings (SSSR count). The zero-order chi connectivity index (χ0) is 15.6. The summed E-state index contributed by atoms with van der Waals surface area (Å²) in [6.45, 7) is 0. The van der Waals surface area contributed by atoms with Gasteiger partial charge in [-0.15, -0.1) is 0 Å². The molecule has 1 N–H and O–H groups in total. The van der Waals surface area contributed by atoms with Gasteiger partial charge in [-0.2, -0.15) is 18.2 Å². The Morgan fingerprint density at radius 3 is 2.57 bits per heavy atom. The molecule has 0 aliphatic heterocycles. The Morgan fingerprint density at radius 2 is 1.95 bits per heavy atom. The number of benzene rings is 1. The van der Waals surface area contributed by atoms with Gasteiger partial charge in [0.1, 0.15) is 5.75 Å². The van der Waals surface area contributed by atoms with Crippen LogP contribution in [-0.4, -0.2) is 17.0 Å². The van der Waals surface area contributed by atoms with Crippen molar-refractivity contribution in [3.8, 4) is 11.6 Å². The first kappa shape index (κ1) is 15.8. The lowest BCUT2D eigenvalue weighted by atomic mass is 10.3. The normalized spacial score (nSPS) is 11.3. The van der Waals surface area contributed by atoms with Crippen molar-refractivity contribution >= 4 is 33.5 Å². The fourth-order valence-electron chi connectivity index (χ4n) is 1.40. The molecule has 0 unspecified atom stereocenters. The average molecular weight is 383 g/mol. The summed E-state index contributed by atoms with van der Waals surface area (Å²) in [5.41, 5.74) is -1.11. The maximum absolute atomic E-state index is 12.8. The molecule has 21 heavy (non-hydrogen) atoms.